The minimum Gasteiger partial charge on any atom is -0.508 e. The summed E-state index contributed by atoms with van der Waals surface area (Å²) in [4.78, 5) is 24.1. The van der Waals surface area contributed by atoms with E-state index in [0.29, 0.717) is 22.5 Å². The predicted molar refractivity (Wildman–Crippen MR) is 106 cm³/mol. The maximum atomic E-state index is 12.4. The maximum Gasteiger partial charge on any atom is 0.341 e. The van der Waals surface area contributed by atoms with Crippen LogP contribution in [0.25, 0.3) is 11.0 Å². The van der Waals surface area contributed by atoms with Gasteiger partial charge in [0.15, 0.2) is 0 Å². The number of ether oxygens (including phenoxy) is 1. The van der Waals surface area contributed by atoms with Crippen LogP contribution in [0.3, 0.4) is 0 Å². The van der Waals surface area contributed by atoms with Gasteiger partial charge in [0.2, 0.25) is 0 Å². The molecule has 0 saturated heterocycles. The first kappa shape index (κ1) is 18.8. The first-order valence-electron chi connectivity index (χ1n) is 8.68. The monoisotopic (exact) mass is 410 g/mol. The Balaban J connectivity index is 1.48. The average molecular weight is 411 g/mol. The molecule has 7 nitrogen and oxygen atoms in total. The topological polar surface area (TPSA) is 94.6 Å². The van der Waals surface area contributed by atoms with Crippen molar-refractivity contribution in [2.75, 3.05) is 0 Å². The standard InChI is InChI=1S/C21H15ClN2O5/c22-18-4-2-1-3-13(18)10-24-11-15(9-23-24)21(27)28-12-14-7-20(26)29-19-8-16(25)5-6-17(14)19/h1-9,11,25H,10,12H2. The summed E-state index contributed by atoms with van der Waals surface area (Å²) in [5.74, 6) is -0.601. The maximum absolute atomic E-state index is 12.4. The van der Waals surface area contributed by atoms with E-state index in [2.05, 4.69) is 5.10 Å². The van der Waals surface area contributed by atoms with Crippen molar-refractivity contribution >= 4 is 28.5 Å². The third-order valence-corrected chi connectivity index (χ3v) is 4.70. The SMILES string of the molecule is O=C(OCc1cc(=O)oc2cc(O)ccc12)c1cnn(Cc2ccccc2Cl)c1. The largest absolute Gasteiger partial charge is 0.508 e. The van der Waals surface area contributed by atoms with Crippen molar-refractivity contribution in [1.29, 1.82) is 0 Å². The van der Waals surface area contributed by atoms with E-state index in [1.807, 2.05) is 18.2 Å². The van der Waals surface area contributed by atoms with Crippen LogP contribution in [0, 0.1) is 0 Å². The van der Waals surface area contributed by atoms with E-state index in [1.165, 1.54) is 24.4 Å². The zero-order valence-corrected chi connectivity index (χ0v) is 15.8. The van der Waals surface area contributed by atoms with Crippen molar-refractivity contribution in [2.45, 2.75) is 13.2 Å². The normalized spacial score (nSPS) is 10.9. The first-order valence-corrected chi connectivity index (χ1v) is 9.06. The molecule has 0 aliphatic heterocycles. The highest BCUT2D eigenvalue weighted by Crippen LogP contribution is 2.22. The molecule has 0 bridgehead atoms. The number of nitrogens with zero attached hydrogens (tertiary/aromatic N) is 2. The van der Waals surface area contributed by atoms with Crippen molar-refractivity contribution in [3.8, 4) is 5.75 Å². The average Bonchev–Trinajstić information content (AvgIpc) is 3.16. The number of carbonyl (C=O) groups excluding carboxylic acids is 1. The molecule has 0 radical (unpaired) electrons. The smallest absolute Gasteiger partial charge is 0.341 e. The zero-order chi connectivity index (χ0) is 20.4. The predicted octanol–water partition coefficient (Wildman–Crippen LogP) is 3.75. The number of carbonyl (C=O) groups is 1. The number of hydrogen-bond donors (Lipinski definition) is 1. The number of aromatic nitrogens is 2. The second-order valence-electron chi connectivity index (χ2n) is 6.37. The molecule has 8 heteroatoms. The number of phenols is 1. The van der Waals surface area contributed by atoms with E-state index < -0.39 is 11.6 Å². The van der Waals surface area contributed by atoms with Gasteiger partial charge in [-0.05, 0) is 23.8 Å². The molecule has 1 N–H and O–H groups in total. The van der Waals surface area contributed by atoms with Crippen LogP contribution in [-0.4, -0.2) is 20.9 Å². The zero-order valence-electron chi connectivity index (χ0n) is 15.0. The van der Waals surface area contributed by atoms with Crippen LogP contribution in [0.15, 0.2) is 70.1 Å². The molecule has 4 aromatic rings. The van der Waals surface area contributed by atoms with Crippen LogP contribution in [-0.2, 0) is 17.9 Å². The number of fused-ring (bicyclic) bond motifs is 1. The van der Waals surface area contributed by atoms with Gasteiger partial charge in [-0.2, -0.15) is 5.10 Å². The molecular formula is C21H15ClN2O5. The van der Waals surface area contributed by atoms with E-state index in [-0.39, 0.29) is 23.5 Å². The number of aromatic hydroxyl groups is 1. The number of hydrogen-bond acceptors (Lipinski definition) is 6. The molecule has 0 spiro atoms. The summed E-state index contributed by atoms with van der Waals surface area (Å²) in [5.41, 5.74) is 1.26. The number of halogens is 1. The molecule has 2 aromatic carbocycles. The second-order valence-corrected chi connectivity index (χ2v) is 6.77. The number of phenolic OH excluding ortho intramolecular Hbond substituents is 1. The van der Waals surface area contributed by atoms with Crippen molar-refractivity contribution in [3.63, 3.8) is 0 Å². The lowest BCUT2D eigenvalue weighted by atomic mass is 10.1. The van der Waals surface area contributed by atoms with Gasteiger partial charge in [0.1, 0.15) is 17.9 Å². The molecule has 146 valence electrons. The fourth-order valence-electron chi connectivity index (χ4n) is 2.92. The Hall–Kier alpha value is -3.58. The fourth-order valence-corrected chi connectivity index (χ4v) is 3.12. The molecule has 4 rings (SSSR count). The van der Waals surface area contributed by atoms with Gasteiger partial charge in [-0.1, -0.05) is 29.8 Å². The molecular weight excluding hydrogens is 396 g/mol. The Kier molecular flexibility index (Phi) is 5.05. The molecule has 0 unspecified atom stereocenters. The van der Waals surface area contributed by atoms with Crippen molar-refractivity contribution in [2.24, 2.45) is 0 Å². The van der Waals surface area contributed by atoms with E-state index >= 15 is 0 Å². The Morgan fingerprint density at radius 2 is 2.00 bits per heavy atom. The summed E-state index contributed by atoms with van der Waals surface area (Å²) in [6, 6.07) is 13.0. The summed E-state index contributed by atoms with van der Waals surface area (Å²) in [7, 11) is 0. The van der Waals surface area contributed by atoms with Gasteiger partial charge in [-0.3, -0.25) is 4.68 Å². The lowest BCUT2D eigenvalue weighted by Gasteiger charge is -2.07. The molecule has 2 aromatic heterocycles. The van der Waals surface area contributed by atoms with Crippen LogP contribution in [0.1, 0.15) is 21.5 Å². The Bertz CT molecular complexity index is 1260. The van der Waals surface area contributed by atoms with Crippen LogP contribution in [0.4, 0.5) is 0 Å². The van der Waals surface area contributed by atoms with Gasteiger partial charge < -0.3 is 14.3 Å². The Morgan fingerprint density at radius 1 is 1.17 bits per heavy atom. The lowest BCUT2D eigenvalue weighted by molar-refractivity contribution is 0.0473. The van der Waals surface area contributed by atoms with Crippen molar-refractivity contribution in [1.82, 2.24) is 9.78 Å². The number of rotatable bonds is 5. The summed E-state index contributed by atoms with van der Waals surface area (Å²) in [6.45, 7) is 0.294. The van der Waals surface area contributed by atoms with Crippen LogP contribution in [0.5, 0.6) is 5.75 Å². The summed E-state index contributed by atoms with van der Waals surface area (Å²) in [5, 5.41) is 14.9. The molecule has 2 heterocycles. The van der Waals surface area contributed by atoms with Crippen LogP contribution < -0.4 is 5.63 Å². The lowest BCUT2D eigenvalue weighted by Crippen LogP contribution is -2.07. The minimum absolute atomic E-state index is 0.0271. The van der Waals surface area contributed by atoms with Gasteiger partial charge in [0.05, 0.1) is 18.3 Å². The fraction of sp³-hybridized carbons (Fsp3) is 0.0952. The summed E-state index contributed by atoms with van der Waals surface area (Å²) >= 11 is 6.15. The van der Waals surface area contributed by atoms with Crippen LogP contribution in [0.2, 0.25) is 5.02 Å². The van der Waals surface area contributed by atoms with E-state index in [4.69, 9.17) is 20.8 Å². The van der Waals surface area contributed by atoms with Crippen molar-refractivity contribution < 1.29 is 19.1 Å². The van der Waals surface area contributed by atoms with E-state index in [0.717, 1.165) is 5.56 Å². The molecule has 0 fully saturated rings. The van der Waals surface area contributed by atoms with Crippen molar-refractivity contribution in [3.05, 3.63) is 93.1 Å². The summed E-state index contributed by atoms with van der Waals surface area (Å²) in [6.07, 6.45) is 2.98. The minimum atomic E-state index is -0.596. The Morgan fingerprint density at radius 3 is 2.83 bits per heavy atom. The first-order chi connectivity index (χ1) is 14.0. The van der Waals surface area contributed by atoms with Gasteiger partial charge in [-0.15, -0.1) is 0 Å². The third-order valence-electron chi connectivity index (χ3n) is 4.33. The number of benzene rings is 2. The van der Waals surface area contributed by atoms with Crippen LogP contribution >= 0.6 is 11.6 Å². The van der Waals surface area contributed by atoms with Gasteiger partial charge in [0, 0.05) is 34.3 Å². The molecule has 29 heavy (non-hydrogen) atoms. The third kappa shape index (κ3) is 4.14. The molecule has 0 aliphatic rings. The Labute approximate surface area is 169 Å². The highest BCUT2D eigenvalue weighted by Gasteiger charge is 2.13. The highest BCUT2D eigenvalue weighted by atomic mass is 35.5. The molecule has 0 amide bonds. The van der Waals surface area contributed by atoms with Gasteiger partial charge in [-0.25, -0.2) is 9.59 Å². The second kappa shape index (κ2) is 7.81. The highest BCUT2D eigenvalue weighted by molar-refractivity contribution is 6.31. The quantitative estimate of drug-likeness (QED) is 0.397. The molecule has 0 aliphatic carbocycles. The van der Waals surface area contributed by atoms with Gasteiger partial charge >= 0.3 is 11.6 Å². The number of esters is 1. The van der Waals surface area contributed by atoms with E-state index in [9.17, 15) is 14.7 Å². The molecule has 0 atom stereocenters. The van der Waals surface area contributed by atoms with E-state index in [1.54, 1.807) is 23.0 Å². The summed E-state index contributed by atoms with van der Waals surface area (Å²) < 4.78 is 12.0. The molecule has 0 saturated carbocycles. The van der Waals surface area contributed by atoms with Gasteiger partial charge in [0.25, 0.3) is 0 Å².